The Hall–Kier alpha value is -1.75. The fourth-order valence-corrected chi connectivity index (χ4v) is 1.75. The molecule has 90 valence electrons. The van der Waals surface area contributed by atoms with E-state index in [2.05, 4.69) is 9.97 Å². The number of imidazole rings is 1. The van der Waals surface area contributed by atoms with Crippen LogP contribution < -0.4 is 0 Å². The highest BCUT2D eigenvalue weighted by atomic mass is 19.1. The van der Waals surface area contributed by atoms with Crippen molar-refractivity contribution in [2.45, 2.75) is 19.4 Å². The van der Waals surface area contributed by atoms with Gasteiger partial charge in [0.15, 0.2) is 0 Å². The number of hydrogen-bond donors (Lipinski definition) is 2. The summed E-state index contributed by atoms with van der Waals surface area (Å²) in [6.45, 7) is 2.81. The van der Waals surface area contributed by atoms with Crippen molar-refractivity contribution in [2.24, 2.45) is 0 Å². The largest absolute Gasteiger partial charge is 0.377 e. The van der Waals surface area contributed by atoms with Crippen molar-refractivity contribution in [2.75, 3.05) is 0 Å². The number of hydrogen-bond acceptors (Lipinski definition) is 2. The molecule has 0 fully saturated rings. The van der Waals surface area contributed by atoms with Crippen LogP contribution >= 0.6 is 0 Å². The van der Waals surface area contributed by atoms with Crippen molar-refractivity contribution in [3.8, 4) is 0 Å². The van der Waals surface area contributed by atoms with Gasteiger partial charge in [-0.15, -0.1) is 0 Å². The molecule has 17 heavy (non-hydrogen) atoms. The molecular weight excluding hydrogens is 226 g/mol. The highest BCUT2D eigenvalue weighted by Gasteiger charge is 2.34. The van der Waals surface area contributed by atoms with Crippen LogP contribution in [0.15, 0.2) is 24.5 Å². The number of halogens is 2. The minimum Gasteiger partial charge on any atom is -0.377 e. The van der Waals surface area contributed by atoms with Gasteiger partial charge < -0.3 is 10.1 Å². The van der Waals surface area contributed by atoms with Crippen LogP contribution in [-0.2, 0) is 5.60 Å². The minimum absolute atomic E-state index is 0.0981. The van der Waals surface area contributed by atoms with Gasteiger partial charge in [0.2, 0.25) is 0 Å². The fourth-order valence-electron chi connectivity index (χ4n) is 1.75. The molecule has 0 aliphatic heterocycles. The van der Waals surface area contributed by atoms with Crippen LogP contribution in [0.1, 0.15) is 23.9 Å². The van der Waals surface area contributed by atoms with Crippen molar-refractivity contribution in [3.05, 3.63) is 53.1 Å². The SMILES string of the molecule is Cc1ccc(F)c(C(C)(O)c2ncc[nH]2)c1F. The second-order valence-corrected chi connectivity index (χ2v) is 4.06. The van der Waals surface area contributed by atoms with Crippen molar-refractivity contribution in [1.82, 2.24) is 9.97 Å². The van der Waals surface area contributed by atoms with Crippen LogP contribution in [0.25, 0.3) is 0 Å². The molecule has 1 atom stereocenters. The third kappa shape index (κ3) is 1.82. The van der Waals surface area contributed by atoms with Crippen LogP contribution in [0, 0.1) is 18.6 Å². The lowest BCUT2D eigenvalue weighted by Gasteiger charge is -2.23. The number of nitrogens with zero attached hydrogens (tertiary/aromatic N) is 1. The van der Waals surface area contributed by atoms with Crippen molar-refractivity contribution >= 4 is 0 Å². The van der Waals surface area contributed by atoms with Gasteiger partial charge in [0.05, 0.1) is 5.56 Å². The van der Waals surface area contributed by atoms with Gasteiger partial charge in [-0.1, -0.05) is 6.07 Å². The number of aryl methyl sites for hydroxylation is 1. The van der Waals surface area contributed by atoms with E-state index in [1.54, 1.807) is 0 Å². The number of aliphatic hydroxyl groups is 1. The molecule has 0 aliphatic rings. The molecule has 2 aromatic rings. The molecule has 1 aromatic heterocycles. The Bertz CT molecular complexity index is 536. The Balaban J connectivity index is 2.65. The number of aromatic amines is 1. The van der Waals surface area contributed by atoms with E-state index < -0.39 is 22.8 Å². The second kappa shape index (κ2) is 3.92. The summed E-state index contributed by atoms with van der Waals surface area (Å²) in [7, 11) is 0. The van der Waals surface area contributed by atoms with Gasteiger partial charge in [0.1, 0.15) is 23.1 Å². The monoisotopic (exact) mass is 238 g/mol. The first-order valence-electron chi connectivity index (χ1n) is 5.12. The lowest BCUT2D eigenvalue weighted by atomic mass is 9.92. The molecule has 0 bridgehead atoms. The first-order valence-corrected chi connectivity index (χ1v) is 5.12. The molecule has 0 saturated heterocycles. The van der Waals surface area contributed by atoms with Crippen LogP contribution in [0.3, 0.4) is 0 Å². The Morgan fingerprint density at radius 3 is 2.65 bits per heavy atom. The molecule has 1 heterocycles. The summed E-state index contributed by atoms with van der Waals surface area (Å²) < 4.78 is 27.6. The van der Waals surface area contributed by atoms with Crippen molar-refractivity contribution < 1.29 is 13.9 Å². The molecular formula is C12H12F2N2O. The molecule has 0 saturated carbocycles. The lowest BCUT2D eigenvalue weighted by Crippen LogP contribution is -2.27. The Morgan fingerprint density at radius 2 is 2.06 bits per heavy atom. The van der Waals surface area contributed by atoms with E-state index >= 15 is 0 Å². The van der Waals surface area contributed by atoms with Crippen molar-refractivity contribution in [3.63, 3.8) is 0 Å². The maximum Gasteiger partial charge on any atom is 0.150 e. The summed E-state index contributed by atoms with van der Waals surface area (Å²) in [5.74, 6) is -1.46. The fraction of sp³-hybridized carbons (Fsp3) is 0.250. The minimum atomic E-state index is -1.83. The van der Waals surface area contributed by atoms with Gasteiger partial charge in [-0.25, -0.2) is 13.8 Å². The predicted octanol–water partition coefficient (Wildman–Crippen LogP) is 2.25. The third-order valence-electron chi connectivity index (χ3n) is 2.73. The van der Waals surface area contributed by atoms with Crippen LogP contribution in [0.4, 0.5) is 8.78 Å². The number of nitrogens with one attached hydrogen (secondary N) is 1. The predicted molar refractivity (Wildman–Crippen MR) is 58.4 cm³/mol. The normalized spacial score (nSPS) is 14.6. The van der Waals surface area contributed by atoms with E-state index in [-0.39, 0.29) is 11.4 Å². The van der Waals surface area contributed by atoms with Gasteiger partial charge in [0, 0.05) is 12.4 Å². The highest BCUT2D eigenvalue weighted by molar-refractivity contribution is 5.34. The van der Waals surface area contributed by atoms with Crippen LogP contribution in [0.2, 0.25) is 0 Å². The summed E-state index contributed by atoms with van der Waals surface area (Å²) in [5.41, 5.74) is -1.95. The molecule has 2 N–H and O–H groups in total. The Kier molecular flexibility index (Phi) is 2.71. The van der Waals surface area contributed by atoms with E-state index in [9.17, 15) is 13.9 Å². The van der Waals surface area contributed by atoms with Gasteiger partial charge in [-0.3, -0.25) is 0 Å². The molecule has 0 aliphatic carbocycles. The maximum atomic E-state index is 13.9. The number of aromatic nitrogens is 2. The zero-order valence-corrected chi connectivity index (χ0v) is 9.46. The highest BCUT2D eigenvalue weighted by Crippen LogP contribution is 2.31. The average molecular weight is 238 g/mol. The topological polar surface area (TPSA) is 48.9 Å². The van der Waals surface area contributed by atoms with Crippen LogP contribution in [0.5, 0.6) is 0 Å². The summed E-state index contributed by atoms with van der Waals surface area (Å²) in [5, 5.41) is 10.3. The lowest BCUT2D eigenvalue weighted by molar-refractivity contribution is 0.0844. The van der Waals surface area contributed by atoms with E-state index in [0.717, 1.165) is 6.07 Å². The number of H-pyrrole nitrogens is 1. The number of benzene rings is 1. The summed E-state index contributed by atoms with van der Waals surface area (Å²) in [6, 6.07) is 2.46. The van der Waals surface area contributed by atoms with Gasteiger partial charge in [-0.05, 0) is 25.5 Å². The van der Waals surface area contributed by atoms with Gasteiger partial charge in [-0.2, -0.15) is 0 Å². The molecule has 3 nitrogen and oxygen atoms in total. The molecule has 2 rings (SSSR count). The molecule has 0 spiro atoms. The molecule has 0 radical (unpaired) electrons. The zero-order valence-electron chi connectivity index (χ0n) is 9.46. The van der Waals surface area contributed by atoms with Crippen LogP contribution in [-0.4, -0.2) is 15.1 Å². The standard InChI is InChI=1S/C12H12F2N2O/c1-7-3-4-8(13)9(10(7)14)12(2,17)11-15-5-6-16-11/h3-6,17H,1-2H3,(H,15,16). The first-order chi connectivity index (χ1) is 7.94. The number of rotatable bonds is 2. The average Bonchev–Trinajstić information content (AvgIpc) is 2.77. The van der Waals surface area contributed by atoms with E-state index in [1.165, 1.54) is 32.3 Å². The molecule has 0 amide bonds. The molecule has 5 heteroatoms. The van der Waals surface area contributed by atoms with E-state index in [4.69, 9.17) is 0 Å². The Morgan fingerprint density at radius 1 is 1.35 bits per heavy atom. The molecule has 1 unspecified atom stereocenters. The van der Waals surface area contributed by atoms with E-state index in [1.807, 2.05) is 0 Å². The Labute approximate surface area is 97.1 Å². The quantitative estimate of drug-likeness (QED) is 0.843. The van der Waals surface area contributed by atoms with E-state index in [0.29, 0.717) is 0 Å². The summed E-state index contributed by atoms with van der Waals surface area (Å²) in [6.07, 6.45) is 2.89. The maximum absolute atomic E-state index is 13.9. The van der Waals surface area contributed by atoms with Crippen molar-refractivity contribution in [1.29, 1.82) is 0 Å². The summed E-state index contributed by atoms with van der Waals surface area (Å²) in [4.78, 5) is 6.49. The summed E-state index contributed by atoms with van der Waals surface area (Å²) >= 11 is 0. The van der Waals surface area contributed by atoms with Gasteiger partial charge in [0.25, 0.3) is 0 Å². The molecule has 1 aromatic carbocycles. The first kappa shape index (κ1) is 11.7. The van der Waals surface area contributed by atoms with Gasteiger partial charge >= 0.3 is 0 Å². The second-order valence-electron chi connectivity index (χ2n) is 4.06. The smallest absolute Gasteiger partial charge is 0.150 e. The third-order valence-corrected chi connectivity index (χ3v) is 2.73. The zero-order chi connectivity index (χ0) is 12.6.